The van der Waals surface area contributed by atoms with Crippen molar-refractivity contribution in [1.82, 2.24) is 4.90 Å². The topological polar surface area (TPSA) is 46.6 Å². The standard InChI is InChI=1S/C24H19NO3/c26-23-16-22(19-12-6-2-7-13-19)25(17-21(23)18-10-4-1-5-11-18)24(27)28-20-14-8-3-9-15-20/h1-15,17,22H,16H2. The lowest BCUT2D eigenvalue weighted by atomic mass is 9.90. The molecule has 1 atom stereocenters. The van der Waals surface area contributed by atoms with Crippen LogP contribution in [0.15, 0.2) is 97.2 Å². The first-order valence-electron chi connectivity index (χ1n) is 9.13. The summed E-state index contributed by atoms with van der Waals surface area (Å²) in [5.74, 6) is 0.467. The van der Waals surface area contributed by atoms with E-state index in [9.17, 15) is 9.59 Å². The highest BCUT2D eigenvalue weighted by molar-refractivity contribution is 6.21. The molecule has 0 bridgehead atoms. The van der Waals surface area contributed by atoms with Gasteiger partial charge >= 0.3 is 6.09 Å². The monoisotopic (exact) mass is 369 g/mol. The van der Waals surface area contributed by atoms with E-state index in [1.807, 2.05) is 78.9 Å². The van der Waals surface area contributed by atoms with Crippen LogP contribution < -0.4 is 4.74 Å². The molecule has 3 aromatic rings. The lowest BCUT2D eigenvalue weighted by Gasteiger charge is -2.32. The van der Waals surface area contributed by atoms with Crippen LogP contribution in [0.2, 0.25) is 0 Å². The van der Waals surface area contributed by atoms with Gasteiger partial charge in [-0.05, 0) is 23.3 Å². The minimum absolute atomic E-state index is 0.00353. The van der Waals surface area contributed by atoms with Crippen LogP contribution in [-0.4, -0.2) is 16.8 Å². The van der Waals surface area contributed by atoms with Gasteiger partial charge in [0.2, 0.25) is 0 Å². The molecule has 138 valence electrons. The summed E-state index contributed by atoms with van der Waals surface area (Å²) in [7, 11) is 0. The van der Waals surface area contributed by atoms with Crippen molar-refractivity contribution in [3.8, 4) is 5.75 Å². The molecular weight excluding hydrogens is 350 g/mol. The van der Waals surface area contributed by atoms with Gasteiger partial charge in [-0.1, -0.05) is 78.9 Å². The molecule has 0 radical (unpaired) electrons. The molecular formula is C24H19NO3. The lowest BCUT2D eigenvalue weighted by Crippen LogP contribution is -2.37. The molecule has 0 spiro atoms. The van der Waals surface area contributed by atoms with Crippen molar-refractivity contribution < 1.29 is 14.3 Å². The van der Waals surface area contributed by atoms with Crippen molar-refractivity contribution in [2.45, 2.75) is 12.5 Å². The minimum atomic E-state index is -0.513. The van der Waals surface area contributed by atoms with Crippen LogP contribution in [0, 0.1) is 0 Å². The van der Waals surface area contributed by atoms with Crippen molar-refractivity contribution in [2.24, 2.45) is 0 Å². The summed E-state index contributed by atoms with van der Waals surface area (Å²) in [6.45, 7) is 0. The van der Waals surface area contributed by atoms with Gasteiger partial charge in [0.25, 0.3) is 0 Å². The van der Waals surface area contributed by atoms with E-state index >= 15 is 0 Å². The number of ketones is 1. The van der Waals surface area contributed by atoms with Crippen LogP contribution in [0.25, 0.3) is 5.57 Å². The number of para-hydroxylation sites is 1. The van der Waals surface area contributed by atoms with E-state index in [0.29, 0.717) is 11.3 Å². The molecule has 28 heavy (non-hydrogen) atoms. The van der Waals surface area contributed by atoms with Gasteiger partial charge in [-0.25, -0.2) is 4.79 Å². The number of nitrogens with zero attached hydrogens (tertiary/aromatic N) is 1. The van der Waals surface area contributed by atoms with Crippen LogP contribution in [0.4, 0.5) is 4.79 Å². The van der Waals surface area contributed by atoms with Gasteiger partial charge in [-0.15, -0.1) is 0 Å². The Bertz CT molecular complexity index is 998. The summed E-state index contributed by atoms with van der Waals surface area (Å²) in [6, 6.07) is 27.5. The number of benzene rings is 3. The van der Waals surface area contributed by atoms with E-state index in [1.165, 1.54) is 4.90 Å². The van der Waals surface area contributed by atoms with Crippen LogP contribution in [0.3, 0.4) is 0 Å². The van der Waals surface area contributed by atoms with Crippen molar-refractivity contribution >= 4 is 17.4 Å². The molecule has 0 saturated heterocycles. The highest BCUT2D eigenvalue weighted by Gasteiger charge is 2.34. The van der Waals surface area contributed by atoms with Crippen LogP contribution in [0.5, 0.6) is 5.75 Å². The molecule has 1 aliphatic rings. The molecule has 1 amide bonds. The van der Waals surface area contributed by atoms with Crippen molar-refractivity contribution in [3.05, 3.63) is 108 Å². The van der Waals surface area contributed by atoms with E-state index in [2.05, 4.69) is 0 Å². The summed E-state index contributed by atoms with van der Waals surface area (Å²) in [6.07, 6.45) is 1.31. The summed E-state index contributed by atoms with van der Waals surface area (Å²) in [5.41, 5.74) is 2.19. The third-order valence-corrected chi connectivity index (χ3v) is 4.71. The Kier molecular flexibility index (Phi) is 5.02. The van der Waals surface area contributed by atoms with Crippen molar-refractivity contribution in [3.63, 3.8) is 0 Å². The Morgan fingerprint density at radius 3 is 2.04 bits per heavy atom. The number of Topliss-reactive ketones (excluding diaryl/α,β-unsaturated/α-hetero) is 1. The maximum absolute atomic E-state index is 13.0. The van der Waals surface area contributed by atoms with E-state index in [1.54, 1.807) is 18.3 Å². The number of hydrogen-bond acceptors (Lipinski definition) is 3. The predicted octanol–water partition coefficient (Wildman–Crippen LogP) is 5.24. The van der Waals surface area contributed by atoms with Gasteiger partial charge < -0.3 is 4.74 Å². The van der Waals surface area contributed by atoms with Gasteiger partial charge in [-0.2, -0.15) is 0 Å². The van der Waals surface area contributed by atoms with Crippen molar-refractivity contribution in [2.75, 3.05) is 0 Å². The van der Waals surface area contributed by atoms with E-state index in [-0.39, 0.29) is 12.2 Å². The van der Waals surface area contributed by atoms with Crippen LogP contribution >= 0.6 is 0 Å². The Balaban J connectivity index is 1.72. The number of amides is 1. The quantitative estimate of drug-likeness (QED) is 0.634. The van der Waals surface area contributed by atoms with Crippen LogP contribution in [-0.2, 0) is 4.79 Å². The zero-order valence-corrected chi connectivity index (χ0v) is 15.2. The van der Waals surface area contributed by atoms with E-state index in [4.69, 9.17) is 4.74 Å². The number of allylic oxidation sites excluding steroid dienone is 1. The first-order valence-corrected chi connectivity index (χ1v) is 9.13. The molecule has 1 heterocycles. The van der Waals surface area contributed by atoms with Crippen molar-refractivity contribution in [1.29, 1.82) is 0 Å². The number of ether oxygens (including phenoxy) is 1. The molecule has 4 heteroatoms. The summed E-state index contributed by atoms with van der Waals surface area (Å²) in [5, 5.41) is 0. The van der Waals surface area contributed by atoms with Gasteiger partial charge in [0.1, 0.15) is 5.75 Å². The average molecular weight is 369 g/mol. The molecule has 1 aliphatic heterocycles. The van der Waals surface area contributed by atoms with Gasteiger partial charge in [-0.3, -0.25) is 9.69 Å². The van der Waals surface area contributed by atoms with Gasteiger partial charge in [0, 0.05) is 18.2 Å². The molecule has 0 saturated carbocycles. The van der Waals surface area contributed by atoms with E-state index in [0.717, 1.165) is 11.1 Å². The summed E-state index contributed by atoms with van der Waals surface area (Å²) in [4.78, 5) is 27.4. The second kappa shape index (κ2) is 7.92. The normalized spacial score (nSPS) is 16.4. The number of rotatable bonds is 3. The smallest absolute Gasteiger partial charge is 0.410 e. The fourth-order valence-corrected chi connectivity index (χ4v) is 3.31. The number of carbonyl (C=O) groups is 2. The number of hydrogen-bond donors (Lipinski definition) is 0. The first kappa shape index (κ1) is 17.7. The number of carbonyl (C=O) groups excluding carboxylic acids is 2. The van der Waals surface area contributed by atoms with Crippen LogP contribution in [0.1, 0.15) is 23.6 Å². The van der Waals surface area contributed by atoms with E-state index < -0.39 is 12.1 Å². The Labute approximate surface area is 163 Å². The highest BCUT2D eigenvalue weighted by Crippen LogP contribution is 2.35. The summed E-state index contributed by atoms with van der Waals surface area (Å²) >= 11 is 0. The molecule has 0 N–H and O–H groups in total. The maximum atomic E-state index is 13.0. The highest BCUT2D eigenvalue weighted by atomic mass is 16.6. The molecule has 0 fully saturated rings. The molecule has 4 rings (SSSR count). The molecule has 0 aromatic heterocycles. The SMILES string of the molecule is O=C1CC(c2ccccc2)N(C(=O)Oc2ccccc2)C=C1c1ccccc1. The maximum Gasteiger partial charge on any atom is 0.419 e. The molecule has 4 nitrogen and oxygen atoms in total. The third kappa shape index (κ3) is 3.71. The lowest BCUT2D eigenvalue weighted by molar-refractivity contribution is -0.115. The fraction of sp³-hybridized carbons (Fsp3) is 0.0833. The second-order valence-corrected chi connectivity index (χ2v) is 6.55. The third-order valence-electron chi connectivity index (χ3n) is 4.71. The zero-order valence-electron chi connectivity index (χ0n) is 15.2. The molecule has 0 aliphatic carbocycles. The minimum Gasteiger partial charge on any atom is -0.410 e. The Hall–Kier alpha value is -3.66. The average Bonchev–Trinajstić information content (AvgIpc) is 2.75. The second-order valence-electron chi connectivity index (χ2n) is 6.55. The molecule has 1 unspecified atom stereocenters. The first-order chi connectivity index (χ1) is 13.7. The molecule has 3 aromatic carbocycles. The summed E-state index contributed by atoms with van der Waals surface area (Å²) < 4.78 is 5.56. The van der Waals surface area contributed by atoms with Gasteiger partial charge in [0.15, 0.2) is 5.78 Å². The zero-order chi connectivity index (χ0) is 19.3. The largest absolute Gasteiger partial charge is 0.419 e. The predicted molar refractivity (Wildman–Crippen MR) is 108 cm³/mol. The van der Waals surface area contributed by atoms with Gasteiger partial charge in [0.05, 0.1) is 6.04 Å². The Morgan fingerprint density at radius 1 is 0.821 bits per heavy atom. The Morgan fingerprint density at radius 2 is 1.39 bits per heavy atom. The fourth-order valence-electron chi connectivity index (χ4n) is 3.31.